The van der Waals surface area contributed by atoms with E-state index >= 15 is 0 Å². The van der Waals surface area contributed by atoms with Gasteiger partial charge in [0.2, 0.25) is 0 Å². The van der Waals surface area contributed by atoms with Crippen molar-refractivity contribution in [3.8, 4) is 5.75 Å². The number of aromatic hydroxyl groups is 1. The fourth-order valence-corrected chi connectivity index (χ4v) is 12.1. The van der Waals surface area contributed by atoms with E-state index in [0.29, 0.717) is 62.4 Å². The number of fused-ring (bicyclic) bond motifs is 3. The molecule has 4 aromatic carbocycles. The number of Topliss-reactive ketones (excluding diaryl/α,β-unsaturated/α-hetero) is 2. The Labute approximate surface area is 710 Å². The third-order valence-corrected chi connectivity index (χ3v) is 17.0. The number of rotatable bonds is 31. The summed E-state index contributed by atoms with van der Waals surface area (Å²) in [5.41, 5.74) is 7.69. The molecule has 0 saturated carbocycles. The Hall–Kier alpha value is -7.39. The van der Waals surface area contributed by atoms with Gasteiger partial charge in [0.05, 0.1) is 50.2 Å². The number of aliphatic hydroxyl groups excluding tert-OH is 1. The third kappa shape index (κ3) is 39.7. The van der Waals surface area contributed by atoms with Gasteiger partial charge in [-0.15, -0.1) is 0 Å². The minimum atomic E-state index is -1.04. The summed E-state index contributed by atoms with van der Waals surface area (Å²) in [6.07, 6.45) is 0.244. The molecule has 0 aliphatic carbocycles. The number of anilines is 4. The van der Waals surface area contributed by atoms with E-state index in [1.165, 1.54) is 6.92 Å². The molecule has 4 N–H and O–H groups in total. The van der Waals surface area contributed by atoms with E-state index < -0.39 is 46.7 Å². The van der Waals surface area contributed by atoms with Gasteiger partial charge in [-0.25, -0.2) is 14.4 Å². The number of carbonyl (C=O) groups excluding carboxylic acids is 5. The molecule has 0 bridgehead atoms. The summed E-state index contributed by atoms with van der Waals surface area (Å²) in [6, 6.07) is 24.8. The number of hydrogen-bond donors (Lipinski definition) is 3. The summed E-state index contributed by atoms with van der Waals surface area (Å²) < 4.78 is 41.6. The number of aliphatic carboxylic acids is 1. The van der Waals surface area contributed by atoms with E-state index in [-0.39, 0.29) is 128 Å². The number of ether oxygens (including phenoxy) is 5. The van der Waals surface area contributed by atoms with Gasteiger partial charge in [-0.2, -0.15) is 0 Å². The molecule has 0 fully saturated rings. The first-order valence-electron chi connectivity index (χ1n) is 37.6. The summed E-state index contributed by atoms with van der Waals surface area (Å²) in [6.45, 7) is 51.7. The molecule has 3 heterocycles. The number of aliphatic hydroxyl groups is 1. The minimum Gasteiger partial charge on any atom is -0.870 e. The molecule has 1 unspecified atom stereocenters. The zero-order valence-corrected chi connectivity index (χ0v) is 74.3. The van der Waals surface area contributed by atoms with Gasteiger partial charge in [-0.3, -0.25) is 51.4 Å². The van der Waals surface area contributed by atoms with Crippen LogP contribution < -0.4 is 55.3 Å². The largest absolute Gasteiger partial charge is 1.00 e. The number of aryl methyl sites for hydroxylation is 3. The molecule has 1 atom stereocenters. The average Bonchev–Trinajstić information content (AvgIpc) is 0.796. The molecule has 7 rings (SSSR count). The number of phenols is 1. The minimum absolute atomic E-state index is 0. The summed E-state index contributed by atoms with van der Waals surface area (Å²) >= 11 is 2.04. The third-order valence-electron chi connectivity index (χ3n) is 16.5. The number of nitrogens with zero attached hydrogens (tertiary/aromatic N) is 4. The number of esters is 3. The molecule has 28 heteroatoms. The van der Waals surface area contributed by atoms with Crippen LogP contribution in [0.3, 0.4) is 0 Å². The molecule has 113 heavy (non-hydrogen) atoms. The van der Waals surface area contributed by atoms with Gasteiger partial charge < -0.3 is 77.3 Å². The van der Waals surface area contributed by atoms with Gasteiger partial charge in [0, 0.05) is 174 Å². The first-order valence-corrected chi connectivity index (χ1v) is 38.7. The van der Waals surface area contributed by atoms with Crippen molar-refractivity contribution in [3.63, 3.8) is 0 Å². The van der Waals surface area contributed by atoms with Crippen molar-refractivity contribution in [2.75, 3.05) is 91.8 Å². The van der Waals surface area contributed by atoms with E-state index in [1.807, 2.05) is 145 Å². The maximum atomic E-state index is 12.4. The van der Waals surface area contributed by atoms with Gasteiger partial charge in [0.25, 0.3) is 0 Å². The van der Waals surface area contributed by atoms with Crippen molar-refractivity contribution < 1.29 is 127 Å². The van der Waals surface area contributed by atoms with Gasteiger partial charge in [-0.05, 0) is 221 Å². The van der Waals surface area contributed by atoms with E-state index in [0.717, 1.165) is 102 Å². The van der Waals surface area contributed by atoms with Gasteiger partial charge in [0.15, 0.2) is 0 Å². The maximum absolute atomic E-state index is 12.4. The molecule has 0 radical (unpaired) electrons. The summed E-state index contributed by atoms with van der Waals surface area (Å²) in [7, 11) is 0. The number of ketones is 2. The molecule has 0 spiro atoms. The maximum Gasteiger partial charge on any atom is 1.00 e. The second-order valence-corrected chi connectivity index (χ2v) is 27.1. The van der Waals surface area contributed by atoms with Crippen molar-refractivity contribution in [3.05, 3.63) is 148 Å². The Morgan fingerprint density at radius 1 is 0.487 bits per heavy atom. The zero-order chi connectivity index (χ0) is 82.9. The molecule has 25 nitrogen and oxygen atoms in total. The van der Waals surface area contributed by atoms with Crippen LogP contribution in [0.15, 0.2) is 106 Å². The molecular formula is C85H127ILiN4O21Ti-. The molecule has 7 aromatic rings. The SMILES string of the molecule is C.CC(C)O.CC(C)O[C-](I)OC(C)C.CCN(CC)c1ccc2c(C)c(CC(=O)CC(C)C)c(=O)oc2c1.CCN(CC)c1ccc2c(C)c(CC(=O)O)c(=O)oc2c1.CCN(CC)c1cccc(O)c1.CCOC(=O)CC(C(C)=O)C(=O)OCC.CCOC(=O)Cc1c(C)c2ccc(N(CC)CC)cc2oc1=O.[Li+].[OH-].[Ti]. The van der Waals surface area contributed by atoms with E-state index in [2.05, 4.69) is 84.5 Å². The molecule has 626 valence electrons. The molecule has 0 aliphatic rings. The molecule has 3 aromatic heterocycles. The van der Waals surface area contributed by atoms with Crippen molar-refractivity contribution >= 4 is 114 Å². The van der Waals surface area contributed by atoms with Crippen LogP contribution in [0.1, 0.15) is 192 Å². The smallest absolute Gasteiger partial charge is 0.870 e. The second kappa shape index (κ2) is 59.3. The van der Waals surface area contributed by atoms with Gasteiger partial charge in [0.1, 0.15) is 40.0 Å². The van der Waals surface area contributed by atoms with Crippen LogP contribution in [-0.4, -0.2) is 147 Å². The zero-order valence-electron chi connectivity index (χ0n) is 70.6. The van der Waals surface area contributed by atoms with Crippen molar-refractivity contribution in [1.29, 1.82) is 0 Å². The first kappa shape index (κ1) is 112. The number of carboxylic acid groups (broad SMARTS) is 1. The van der Waals surface area contributed by atoms with Crippen LogP contribution in [0.5, 0.6) is 5.75 Å². The van der Waals surface area contributed by atoms with Crippen LogP contribution in [0.25, 0.3) is 32.9 Å². The number of halogens is 1. The number of carboxylic acids is 1. The van der Waals surface area contributed by atoms with Crippen LogP contribution >= 0.6 is 22.6 Å². The Bertz CT molecular complexity index is 4150. The normalized spacial score (nSPS) is 10.6. The van der Waals surface area contributed by atoms with E-state index in [1.54, 1.807) is 53.7 Å². The van der Waals surface area contributed by atoms with Crippen molar-refractivity contribution in [1.82, 2.24) is 0 Å². The van der Waals surface area contributed by atoms with E-state index in [4.69, 9.17) is 37.7 Å². The predicted octanol–water partition coefficient (Wildman–Crippen LogP) is 13.2. The van der Waals surface area contributed by atoms with Gasteiger partial charge >= 0.3 is 59.6 Å². The fraction of sp³-hybridized carbons (Fsp3) is 0.529. The summed E-state index contributed by atoms with van der Waals surface area (Å²) in [5, 5.41) is 28.7. The van der Waals surface area contributed by atoms with Crippen molar-refractivity contribution in [2.24, 2.45) is 11.8 Å². The molecule has 0 amide bonds. The second-order valence-electron chi connectivity index (χ2n) is 26.2. The molecule has 0 aliphatic heterocycles. The Morgan fingerprint density at radius 3 is 1.10 bits per heavy atom. The number of benzene rings is 4. The van der Waals surface area contributed by atoms with Crippen LogP contribution in [0, 0.1) is 36.9 Å². The van der Waals surface area contributed by atoms with Crippen molar-refractivity contribution in [2.45, 2.75) is 217 Å². The monoisotopic (exact) mass is 1720 g/mol. The summed E-state index contributed by atoms with van der Waals surface area (Å²) in [5.74, 6) is -3.40. The number of hydrogen-bond acceptors (Lipinski definition) is 24. The van der Waals surface area contributed by atoms with Crippen LogP contribution in [-0.2, 0) is 93.4 Å². The average molecular weight is 1720 g/mol. The van der Waals surface area contributed by atoms with E-state index in [9.17, 15) is 48.3 Å². The quantitative estimate of drug-likeness (QED) is 0.00691. The Kier molecular flexibility index (Phi) is 58.7. The standard InChI is InChI=1S/C20H27NO3.C18H23NO4.C16H19NO4.C10H15NO.C10H16O5.C7H14IO2.C3H8O.CH4.Li.H2O.Ti/c1-6-21(7-2)15-8-9-17-14(5)18(12-16(22)10-13(3)4)20(23)24-19(17)11-15;1-5-19(6-2)13-8-9-14-12(4)15(11-17(20)22-7-3)18(21)23-16(14)10-13;1-4-17(5-2)11-6-7-12-10(3)13(9-15(18)19)16(20)21-14(12)8-11;1-3-11(4-2)9-6-5-7-10(12)8-9;1-4-14-9(12)6-8(7(3)11)10(13)15-5-2;1-5(2)9-7(8)10-6(3)4;1-3(2)4;;;;/h8-9,11,13H,6-7,10,12H2,1-5H3;8-10H,5-7,11H2,1-4H3;6-8H,4-5,9H2,1-3H3,(H,18,19);5-8,12H,3-4H2,1-2H3;8H,4-6H2,1-3H3;5-6H,1-4H3;3-4H,1-2H3;1H4;;1H2;/q;;;;;-1;;;+1;;/p-1. The topological polar surface area (TPSA) is 343 Å². The van der Waals surface area contributed by atoms with Crippen LogP contribution in [0.4, 0.5) is 22.7 Å². The van der Waals surface area contributed by atoms with Crippen LogP contribution in [0.2, 0.25) is 0 Å². The predicted molar refractivity (Wildman–Crippen MR) is 452 cm³/mol. The first-order chi connectivity index (χ1) is 51.4. The Morgan fingerprint density at radius 2 is 0.805 bits per heavy atom. The number of phenolic OH excluding ortho intramolecular Hbond substituents is 1. The number of carbonyl (C=O) groups is 6. The fourth-order valence-electron chi connectivity index (χ4n) is 11.0. The molecule has 0 saturated heterocycles. The Balaban J connectivity index is -0.000000634. The molecular weight excluding hydrogens is 1590 g/mol. The summed E-state index contributed by atoms with van der Waals surface area (Å²) in [4.78, 5) is 113. The van der Waals surface area contributed by atoms with Gasteiger partial charge in [-0.1, -0.05) is 27.3 Å².